The maximum atomic E-state index is 12.3. The lowest BCUT2D eigenvalue weighted by Gasteiger charge is -2.39. The van der Waals surface area contributed by atoms with Crippen molar-refractivity contribution >= 4 is 23.6 Å². The highest BCUT2D eigenvalue weighted by molar-refractivity contribution is 8.00. The van der Waals surface area contributed by atoms with E-state index in [9.17, 15) is 14.7 Å². The van der Waals surface area contributed by atoms with Crippen molar-refractivity contribution < 1.29 is 14.7 Å². The third-order valence-electron chi connectivity index (χ3n) is 4.17. The summed E-state index contributed by atoms with van der Waals surface area (Å²) in [6.07, 6.45) is 1.99. The fourth-order valence-corrected chi connectivity index (χ4v) is 3.53. The number of nitrogens with zero attached hydrogens (tertiary/aromatic N) is 1. The van der Waals surface area contributed by atoms with Gasteiger partial charge in [-0.15, -0.1) is 11.8 Å². The van der Waals surface area contributed by atoms with Crippen molar-refractivity contribution in [2.45, 2.75) is 31.1 Å². The third kappa shape index (κ3) is 3.79. The van der Waals surface area contributed by atoms with E-state index in [1.807, 2.05) is 37.3 Å². The van der Waals surface area contributed by atoms with E-state index in [-0.39, 0.29) is 5.91 Å². The molecule has 0 aliphatic carbocycles. The van der Waals surface area contributed by atoms with Crippen LogP contribution in [-0.2, 0) is 9.59 Å². The number of carbonyl (C=O) groups is 2. The Balaban J connectivity index is 1.94. The lowest BCUT2D eigenvalue weighted by molar-refractivity contribution is -0.154. The standard InChI is InChI=1S/C16H21NO3S/c1-2-16(15(19)20)9-6-10-17(12-16)14(18)11-21-13-7-4-3-5-8-13/h3-5,7-8H,2,6,9-12H2,1H3,(H,19,20). The minimum Gasteiger partial charge on any atom is -0.481 e. The van der Waals surface area contributed by atoms with Crippen molar-refractivity contribution in [1.82, 2.24) is 4.90 Å². The van der Waals surface area contributed by atoms with Crippen molar-refractivity contribution in [2.24, 2.45) is 5.41 Å². The smallest absolute Gasteiger partial charge is 0.311 e. The zero-order valence-corrected chi connectivity index (χ0v) is 13.1. The predicted octanol–water partition coefficient (Wildman–Crippen LogP) is 2.88. The zero-order chi connectivity index (χ0) is 15.3. The van der Waals surface area contributed by atoms with E-state index in [1.165, 1.54) is 11.8 Å². The minimum atomic E-state index is -0.779. The number of hydrogen-bond acceptors (Lipinski definition) is 3. The number of likely N-dealkylation sites (tertiary alicyclic amines) is 1. The van der Waals surface area contributed by atoms with Crippen LogP contribution in [-0.4, -0.2) is 40.7 Å². The number of carboxylic acid groups (broad SMARTS) is 1. The van der Waals surface area contributed by atoms with Gasteiger partial charge in [0.25, 0.3) is 0 Å². The van der Waals surface area contributed by atoms with Crippen LogP contribution in [0.3, 0.4) is 0 Å². The van der Waals surface area contributed by atoms with Crippen LogP contribution < -0.4 is 0 Å². The van der Waals surface area contributed by atoms with Gasteiger partial charge in [0.15, 0.2) is 0 Å². The number of carboxylic acids is 1. The van der Waals surface area contributed by atoms with E-state index in [1.54, 1.807) is 4.90 Å². The second-order valence-corrected chi connectivity index (χ2v) is 6.51. The van der Waals surface area contributed by atoms with Crippen molar-refractivity contribution in [3.63, 3.8) is 0 Å². The summed E-state index contributed by atoms with van der Waals surface area (Å²) in [6.45, 7) is 2.90. The summed E-state index contributed by atoms with van der Waals surface area (Å²) >= 11 is 1.50. The molecule has 1 atom stereocenters. The number of benzene rings is 1. The number of aliphatic carboxylic acids is 1. The fourth-order valence-electron chi connectivity index (χ4n) is 2.71. The number of amides is 1. The Morgan fingerprint density at radius 3 is 2.67 bits per heavy atom. The summed E-state index contributed by atoms with van der Waals surface area (Å²) < 4.78 is 0. The van der Waals surface area contributed by atoms with Crippen LogP contribution >= 0.6 is 11.8 Å². The monoisotopic (exact) mass is 307 g/mol. The van der Waals surface area contributed by atoms with Crippen LogP contribution in [0.25, 0.3) is 0 Å². The second kappa shape index (κ2) is 6.98. The predicted molar refractivity (Wildman–Crippen MR) is 83.3 cm³/mol. The van der Waals surface area contributed by atoms with Crippen LogP contribution in [0.5, 0.6) is 0 Å². The van der Waals surface area contributed by atoms with E-state index in [0.29, 0.717) is 31.7 Å². The summed E-state index contributed by atoms with van der Waals surface area (Å²) in [7, 11) is 0. The summed E-state index contributed by atoms with van der Waals surface area (Å²) in [6, 6.07) is 9.78. The normalized spacial score (nSPS) is 22.0. The molecule has 0 saturated carbocycles. The molecule has 4 nitrogen and oxygen atoms in total. The van der Waals surface area contributed by atoms with E-state index < -0.39 is 11.4 Å². The van der Waals surface area contributed by atoms with Gasteiger partial charge in [0.1, 0.15) is 0 Å². The van der Waals surface area contributed by atoms with Crippen LogP contribution in [0.15, 0.2) is 35.2 Å². The van der Waals surface area contributed by atoms with E-state index in [2.05, 4.69) is 0 Å². The lowest BCUT2D eigenvalue weighted by atomic mass is 9.77. The zero-order valence-electron chi connectivity index (χ0n) is 12.2. The molecule has 1 fully saturated rings. The van der Waals surface area contributed by atoms with E-state index >= 15 is 0 Å². The minimum absolute atomic E-state index is 0.0302. The maximum absolute atomic E-state index is 12.3. The molecule has 0 aromatic heterocycles. The maximum Gasteiger partial charge on any atom is 0.311 e. The summed E-state index contributed by atoms with van der Waals surface area (Å²) in [5, 5.41) is 9.45. The van der Waals surface area contributed by atoms with Crippen molar-refractivity contribution in [3.8, 4) is 0 Å². The van der Waals surface area contributed by atoms with Gasteiger partial charge in [0, 0.05) is 18.0 Å². The number of hydrogen-bond donors (Lipinski definition) is 1. The van der Waals surface area contributed by atoms with Gasteiger partial charge in [0.2, 0.25) is 5.91 Å². The van der Waals surface area contributed by atoms with Crippen molar-refractivity contribution in [1.29, 1.82) is 0 Å². The van der Waals surface area contributed by atoms with Crippen LogP contribution in [0, 0.1) is 5.41 Å². The quantitative estimate of drug-likeness (QED) is 0.850. The molecule has 0 bridgehead atoms. The van der Waals surface area contributed by atoms with Crippen LogP contribution in [0.1, 0.15) is 26.2 Å². The summed E-state index contributed by atoms with van der Waals surface area (Å²) in [5.41, 5.74) is -0.759. The molecule has 0 radical (unpaired) electrons. The molecule has 114 valence electrons. The van der Waals surface area contributed by atoms with Gasteiger partial charge in [-0.2, -0.15) is 0 Å². The highest BCUT2D eigenvalue weighted by Crippen LogP contribution is 2.34. The van der Waals surface area contributed by atoms with Crippen molar-refractivity contribution in [3.05, 3.63) is 30.3 Å². The highest BCUT2D eigenvalue weighted by Gasteiger charge is 2.41. The average Bonchev–Trinajstić information content (AvgIpc) is 2.53. The molecule has 1 aliphatic heterocycles. The molecule has 1 aliphatic rings. The first-order valence-corrected chi connectivity index (χ1v) is 8.25. The van der Waals surface area contributed by atoms with Gasteiger partial charge in [-0.1, -0.05) is 25.1 Å². The molecule has 1 aromatic rings. The van der Waals surface area contributed by atoms with Crippen molar-refractivity contribution in [2.75, 3.05) is 18.8 Å². The molecule has 1 amide bonds. The molecule has 1 saturated heterocycles. The molecule has 21 heavy (non-hydrogen) atoms. The largest absolute Gasteiger partial charge is 0.481 e. The summed E-state index contributed by atoms with van der Waals surface area (Å²) in [5.74, 6) is -0.385. The first-order valence-electron chi connectivity index (χ1n) is 7.26. The topological polar surface area (TPSA) is 57.6 Å². The fraction of sp³-hybridized carbons (Fsp3) is 0.500. The number of piperidine rings is 1. The number of carbonyl (C=O) groups excluding carboxylic acids is 1. The molecule has 1 unspecified atom stereocenters. The molecular formula is C16H21NO3S. The molecule has 0 spiro atoms. The van der Waals surface area contributed by atoms with Gasteiger partial charge >= 0.3 is 5.97 Å². The molecular weight excluding hydrogens is 286 g/mol. The molecule has 2 rings (SSSR count). The van der Waals surface area contributed by atoms with Gasteiger partial charge < -0.3 is 10.0 Å². The Bertz CT molecular complexity index is 506. The Hall–Kier alpha value is -1.49. The number of thioether (sulfide) groups is 1. The molecule has 1 aromatic carbocycles. The molecule has 5 heteroatoms. The summed E-state index contributed by atoms with van der Waals surface area (Å²) in [4.78, 5) is 26.6. The van der Waals surface area contributed by atoms with E-state index in [0.717, 1.165) is 11.3 Å². The van der Waals surface area contributed by atoms with Gasteiger partial charge in [-0.05, 0) is 31.4 Å². The molecule has 1 heterocycles. The van der Waals surface area contributed by atoms with E-state index in [4.69, 9.17) is 0 Å². The molecule has 1 N–H and O–H groups in total. The first-order chi connectivity index (χ1) is 10.1. The Labute approximate surface area is 129 Å². The first kappa shape index (κ1) is 15.9. The Morgan fingerprint density at radius 1 is 1.33 bits per heavy atom. The number of rotatable bonds is 5. The lowest BCUT2D eigenvalue weighted by Crippen LogP contribution is -2.50. The van der Waals surface area contributed by atoms with Crippen LogP contribution in [0.4, 0.5) is 0 Å². The highest BCUT2D eigenvalue weighted by atomic mass is 32.2. The third-order valence-corrected chi connectivity index (χ3v) is 5.16. The second-order valence-electron chi connectivity index (χ2n) is 5.46. The Morgan fingerprint density at radius 2 is 2.05 bits per heavy atom. The SMILES string of the molecule is CCC1(C(=O)O)CCCN(C(=O)CSc2ccccc2)C1. The van der Waals surface area contributed by atoms with Gasteiger partial charge in [-0.25, -0.2) is 0 Å². The van der Waals surface area contributed by atoms with Crippen LogP contribution in [0.2, 0.25) is 0 Å². The Kier molecular flexibility index (Phi) is 5.28. The van der Waals surface area contributed by atoms with Gasteiger partial charge in [-0.3, -0.25) is 9.59 Å². The van der Waals surface area contributed by atoms with Gasteiger partial charge in [0.05, 0.1) is 11.2 Å². The average molecular weight is 307 g/mol.